The van der Waals surface area contributed by atoms with Crippen molar-refractivity contribution in [2.24, 2.45) is 0 Å². The van der Waals surface area contributed by atoms with E-state index in [1.54, 1.807) is 0 Å². The molecule has 0 fully saturated rings. The van der Waals surface area contributed by atoms with Crippen molar-refractivity contribution in [2.75, 3.05) is 6.61 Å². The Morgan fingerprint density at radius 3 is 1.43 bits per heavy atom. The number of aliphatic hydroxyl groups excluding tert-OH is 1. The Morgan fingerprint density at radius 1 is 1.29 bits per heavy atom. The van der Waals surface area contributed by atoms with Crippen LogP contribution in [-0.4, -0.2) is 47.4 Å². The standard InChI is InChI=1S/C2H3F3O.Na.H/c3-2(4,5)1-6;;/h6H,1H2;;. The number of hydrogen-bond acceptors (Lipinski definition) is 1. The van der Waals surface area contributed by atoms with Crippen LogP contribution >= 0.6 is 0 Å². The quantitative estimate of drug-likeness (QED) is 0.447. The minimum atomic E-state index is -4.40. The van der Waals surface area contributed by atoms with E-state index >= 15 is 0 Å². The normalized spacial score (nSPS) is 10.3. The van der Waals surface area contributed by atoms with E-state index in [0.717, 1.165) is 0 Å². The fraction of sp³-hybridized carbons (Fsp3) is 1.00. The second kappa shape index (κ2) is 3.72. The fourth-order valence-corrected chi connectivity index (χ4v) is 0. The summed E-state index contributed by atoms with van der Waals surface area (Å²) in [4.78, 5) is 0. The van der Waals surface area contributed by atoms with Gasteiger partial charge in [0.1, 0.15) is 6.61 Å². The van der Waals surface area contributed by atoms with Gasteiger partial charge in [0.15, 0.2) is 0 Å². The maximum absolute atomic E-state index is 10.5. The molecule has 1 N–H and O–H groups in total. The van der Waals surface area contributed by atoms with E-state index in [-0.39, 0.29) is 29.6 Å². The summed E-state index contributed by atoms with van der Waals surface area (Å²) >= 11 is 0. The molecule has 0 heterocycles. The van der Waals surface area contributed by atoms with Crippen LogP contribution in [0.5, 0.6) is 0 Å². The van der Waals surface area contributed by atoms with Gasteiger partial charge in [0, 0.05) is 0 Å². The molecule has 0 aromatic carbocycles. The Bertz CT molecular complexity index is 42.7. The summed E-state index contributed by atoms with van der Waals surface area (Å²) < 4.78 is 31.6. The molecular formula is C2H4F3NaO. The monoisotopic (exact) mass is 124 g/mol. The molecule has 0 rings (SSSR count). The topological polar surface area (TPSA) is 20.2 Å². The number of halogens is 3. The predicted molar refractivity (Wildman–Crippen MR) is 20.3 cm³/mol. The molecule has 1 nitrogen and oxygen atoms in total. The van der Waals surface area contributed by atoms with Gasteiger partial charge in [0.25, 0.3) is 0 Å². The van der Waals surface area contributed by atoms with Crippen molar-refractivity contribution in [2.45, 2.75) is 6.18 Å². The third-order valence-corrected chi connectivity index (χ3v) is 0.179. The van der Waals surface area contributed by atoms with Gasteiger partial charge >= 0.3 is 35.7 Å². The molecule has 0 aliphatic carbocycles. The van der Waals surface area contributed by atoms with Crippen LogP contribution in [0.4, 0.5) is 13.2 Å². The number of aliphatic hydroxyl groups is 1. The molecule has 5 heteroatoms. The molecule has 0 amide bonds. The average molecular weight is 124 g/mol. The SMILES string of the molecule is OCC(F)(F)F.[NaH]. The molecule has 0 aromatic rings. The predicted octanol–water partition coefficient (Wildman–Crippen LogP) is -0.107. The molecule has 0 saturated heterocycles. The summed E-state index contributed by atoms with van der Waals surface area (Å²) in [5.74, 6) is 0. The second-order valence-electron chi connectivity index (χ2n) is 0.773. The molecule has 0 spiro atoms. The molecule has 0 unspecified atom stereocenters. The summed E-state index contributed by atoms with van der Waals surface area (Å²) in [5, 5.41) is 7.28. The molecule has 0 aliphatic rings. The zero-order chi connectivity index (χ0) is 5.21. The van der Waals surface area contributed by atoms with Crippen LogP contribution in [0.1, 0.15) is 0 Å². The molecule has 0 atom stereocenters. The summed E-state index contributed by atoms with van der Waals surface area (Å²) in [6.45, 7) is -1.73. The van der Waals surface area contributed by atoms with Crippen LogP contribution in [0.25, 0.3) is 0 Å². The number of hydrogen-bond donors (Lipinski definition) is 1. The molecule has 0 radical (unpaired) electrons. The van der Waals surface area contributed by atoms with Crippen LogP contribution < -0.4 is 0 Å². The van der Waals surface area contributed by atoms with E-state index in [1.807, 2.05) is 0 Å². The first-order chi connectivity index (χ1) is 2.56. The van der Waals surface area contributed by atoms with Crippen molar-refractivity contribution in [1.29, 1.82) is 0 Å². The van der Waals surface area contributed by atoms with E-state index in [1.165, 1.54) is 0 Å². The van der Waals surface area contributed by atoms with Crippen molar-refractivity contribution in [1.82, 2.24) is 0 Å². The van der Waals surface area contributed by atoms with Gasteiger partial charge < -0.3 is 5.11 Å². The average Bonchev–Trinajstić information content (AvgIpc) is 1.35. The summed E-state index contributed by atoms with van der Waals surface area (Å²) in [6.07, 6.45) is -4.40. The van der Waals surface area contributed by atoms with Crippen molar-refractivity contribution >= 4 is 29.6 Å². The third-order valence-electron chi connectivity index (χ3n) is 0.179. The van der Waals surface area contributed by atoms with E-state index in [2.05, 4.69) is 0 Å². The Labute approximate surface area is 60.8 Å². The maximum atomic E-state index is 10.5. The Balaban J connectivity index is 0. The molecule has 0 saturated carbocycles. The molecule has 0 aliphatic heterocycles. The van der Waals surface area contributed by atoms with Gasteiger partial charge in [-0.05, 0) is 0 Å². The Morgan fingerprint density at radius 2 is 1.43 bits per heavy atom. The van der Waals surface area contributed by atoms with Gasteiger partial charge in [0.2, 0.25) is 0 Å². The molecular weight excluding hydrogens is 120 g/mol. The van der Waals surface area contributed by atoms with Crippen LogP contribution in [0.3, 0.4) is 0 Å². The number of alkyl halides is 3. The van der Waals surface area contributed by atoms with Gasteiger partial charge in [-0.15, -0.1) is 0 Å². The van der Waals surface area contributed by atoms with E-state index in [9.17, 15) is 13.2 Å². The van der Waals surface area contributed by atoms with Crippen molar-refractivity contribution in [3.05, 3.63) is 0 Å². The molecule has 40 valence electrons. The molecule has 0 bridgehead atoms. The Hall–Kier alpha value is 0.750. The first-order valence-electron chi connectivity index (χ1n) is 1.24. The summed E-state index contributed by atoms with van der Waals surface area (Å²) in [6, 6.07) is 0. The van der Waals surface area contributed by atoms with Gasteiger partial charge in [0.05, 0.1) is 0 Å². The van der Waals surface area contributed by atoms with Gasteiger partial charge in [-0.25, -0.2) is 0 Å². The van der Waals surface area contributed by atoms with Gasteiger partial charge in [-0.1, -0.05) is 0 Å². The molecule has 7 heavy (non-hydrogen) atoms. The van der Waals surface area contributed by atoms with Crippen LogP contribution in [0.15, 0.2) is 0 Å². The van der Waals surface area contributed by atoms with Crippen molar-refractivity contribution in [3.8, 4) is 0 Å². The van der Waals surface area contributed by atoms with E-state index < -0.39 is 12.8 Å². The zero-order valence-corrected chi connectivity index (χ0v) is 2.79. The van der Waals surface area contributed by atoms with Crippen molar-refractivity contribution < 1.29 is 18.3 Å². The summed E-state index contributed by atoms with van der Waals surface area (Å²) in [7, 11) is 0. The van der Waals surface area contributed by atoms with E-state index in [4.69, 9.17) is 5.11 Å². The minimum absolute atomic E-state index is 0. The molecule has 0 aromatic heterocycles. The third kappa shape index (κ3) is 10.8. The van der Waals surface area contributed by atoms with Crippen LogP contribution in [0.2, 0.25) is 0 Å². The number of rotatable bonds is 0. The van der Waals surface area contributed by atoms with Gasteiger partial charge in [-0.3, -0.25) is 0 Å². The first kappa shape index (κ1) is 10.7. The van der Waals surface area contributed by atoms with E-state index in [0.29, 0.717) is 0 Å². The van der Waals surface area contributed by atoms with Crippen LogP contribution in [-0.2, 0) is 0 Å². The van der Waals surface area contributed by atoms with Crippen molar-refractivity contribution in [3.63, 3.8) is 0 Å². The van der Waals surface area contributed by atoms with Gasteiger partial charge in [-0.2, -0.15) is 13.2 Å². The first-order valence-corrected chi connectivity index (χ1v) is 1.24. The second-order valence-corrected chi connectivity index (χ2v) is 0.773. The fourth-order valence-electron chi connectivity index (χ4n) is 0. The Kier molecular flexibility index (Phi) is 5.67. The summed E-state index contributed by atoms with van der Waals surface area (Å²) in [5.41, 5.74) is 0. The zero-order valence-electron chi connectivity index (χ0n) is 2.79. The van der Waals surface area contributed by atoms with Crippen LogP contribution in [0, 0.1) is 0 Å².